The summed E-state index contributed by atoms with van der Waals surface area (Å²) < 4.78 is 4.43. The SMILES string of the molecule is COC(=O)CCN(CC(=O)O)C(=O)C(C)CS. The van der Waals surface area contributed by atoms with Crippen molar-refractivity contribution in [3.8, 4) is 0 Å². The van der Waals surface area contributed by atoms with Crippen molar-refractivity contribution in [1.82, 2.24) is 4.90 Å². The lowest BCUT2D eigenvalue weighted by atomic mass is 10.2. The molecule has 0 spiro atoms. The summed E-state index contributed by atoms with van der Waals surface area (Å²) in [5.74, 6) is -1.98. The van der Waals surface area contributed by atoms with Crippen LogP contribution in [0.5, 0.6) is 0 Å². The third-order valence-electron chi connectivity index (χ3n) is 2.15. The average Bonchev–Trinajstić information content (AvgIpc) is 2.31. The van der Waals surface area contributed by atoms with Gasteiger partial charge in [0, 0.05) is 18.2 Å². The summed E-state index contributed by atoms with van der Waals surface area (Å²) in [5, 5.41) is 8.68. The number of aliphatic carboxylic acids is 1. The fraction of sp³-hybridized carbons (Fsp3) is 0.700. The standard InChI is InChI=1S/C10H17NO5S/c1-7(6-17)10(15)11(5-8(12)13)4-3-9(14)16-2/h7,17H,3-6H2,1-2H3,(H,12,13). The largest absolute Gasteiger partial charge is 0.480 e. The monoisotopic (exact) mass is 263 g/mol. The van der Waals surface area contributed by atoms with Crippen LogP contribution in [-0.2, 0) is 19.1 Å². The second kappa shape index (κ2) is 7.94. The molecule has 0 aliphatic carbocycles. The molecule has 0 aliphatic rings. The Balaban J connectivity index is 4.47. The van der Waals surface area contributed by atoms with E-state index < -0.39 is 18.5 Å². The molecular weight excluding hydrogens is 246 g/mol. The summed E-state index contributed by atoms with van der Waals surface area (Å²) in [4.78, 5) is 34.4. The van der Waals surface area contributed by atoms with E-state index in [-0.39, 0.29) is 24.8 Å². The number of ether oxygens (including phenoxy) is 1. The van der Waals surface area contributed by atoms with E-state index in [9.17, 15) is 14.4 Å². The van der Waals surface area contributed by atoms with Gasteiger partial charge in [0.1, 0.15) is 6.54 Å². The van der Waals surface area contributed by atoms with Crippen LogP contribution in [0.3, 0.4) is 0 Å². The Morgan fingerprint density at radius 3 is 2.41 bits per heavy atom. The first-order valence-electron chi connectivity index (χ1n) is 5.10. The second-order valence-electron chi connectivity index (χ2n) is 3.56. The summed E-state index contributed by atoms with van der Waals surface area (Å²) in [7, 11) is 1.24. The van der Waals surface area contributed by atoms with Gasteiger partial charge >= 0.3 is 11.9 Å². The topological polar surface area (TPSA) is 83.9 Å². The predicted octanol–water partition coefficient (Wildman–Crippen LogP) is 0.0286. The Morgan fingerprint density at radius 1 is 1.41 bits per heavy atom. The molecule has 0 aliphatic heterocycles. The van der Waals surface area contributed by atoms with Crippen LogP contribution in [0.15, 0.2) is 0 Å². The Hall–Kier alpha value is -1.24. The number of nitrogens with zero attached hydrogens (tertiary/aromatic N) is 1. The van der Waals surface area contributed by atoms with Crippen LogP contribution in [-0.4, -0.2) is 53.8 Å². The van der Waals surface area contributed by atoms with Crippen LogP contribution in [0.1, 0.15) is 13.3 Å². The number of carboxylic acid groups (broad SMARTS) is 1. The van der Waals surface area contributed by atoms with Gasteiger partial charge in [0.25, 0.3) is 0 Å². The molecule has 17 heavy (non-hydrogen) atoms. The minimum Gasteiger partial charge on any atom is -0.480 e. The Labute approximate surface area is 105 Å². The number of hydrogen-bond acceptors (Lipinski definition) is 5. The number of amides is 1. The van der Waals surface area contributed by atoms with Crippen molar-refractivity contribution in [2.75, 3.05) is 26.0 Å². The van der Waals surface area contributed by atoms with Crippen molar-refractivity contribution in [2.24, 2.45) is 5.92 Å². The fourth-order valence-electron chi connectivity index (χ4n) is 1.15. The van der Waals surface area contributed by atoms with E-state index in [0.717, 1.165) is 4.90 Å². The van der Waals surface area contributed by atoms with E-state index >= 15 is 0 Å². The lowest BCUT2D eigenvalue weighted by molar-refractivity contribution is -0.148. The first kappa shape index (κ1) is 15.8. The maximum Gasteiger partial charge on any atom is 0.323 e. The zero-order valence-corrected chi connectivity index (χ0v) is 10.8. The Kier molecular flexibility index (Phi) is 7.36. The molecule has 98 valence electrons. The second-order valence-corrected chi connectivity index (χ2v) is 3.93. The normalized spacial score (nSPS) is 11.7. The smallest absolute Gasteiger partial charge is 0.323 e. The highest BCUT2D eigenvalue weighted by molar-refractivity contribution is 7.80. The van der Waals surface area contributed by atoms with Crippen molar-refractivity contribution in [2.45, 2.75) is 13.3 Å². The van der Waals surface area contributed by atoms with Gasteiger partial charge in [-0.15, -0.1) is 0 Å². The Bertz CT molecular complexity index is 294. The number of esters is 1. The van der Waals surface area contributed by atoms with Gasteiger partial charge in [0.2, 0.25) is 5.91 Å². The van der Waals surface area contributed by atoms with Gasteiger partial charge in [0.15, 0.2) is 0 Å². The zero-order valence-electron chi connectivity index (χ0n) is 9.88. The minimum atomic E-state index is -1.12. The molecule has 0 bridgehead atoms. The summed E-state index contributed by atoms with van der Waals surface area (Å²) in [6.07, 6.45) is -0.0190. The minimum absolute atomic E-state index is 0.0190. The molecule has 0 aromatic heterocycles. The number of carbonyl (C=O) groups excluding carboxylic acids is 2. The van der Waals surface area contributed by atoms with E-state index in [4.69, 9.17) is 5.11 Å². The Morgan fingerprint density at radius 2 is 2.00 bits per heavy atom. The molecule has 0 saturated carbocycles. The molecular formula is C10H17NO5S. The van der Waals surface area contributed by atoms with Crippen molar-refractivity contribution < 1.29 is 24.2 Å². The van der Waals surface area contributed by atoms with E-state index in [1.54, 1.807) is 6.92 Å². The summed E-state index contributed by atoms with van der Waals surface area (Å²) in [5.41, 5.74) is 0. The van der Waals surface area contributed by atoms with Crippen LogP contribution in [0.4, 0.5) is 0 Å². The van der Waals surface area contributed by atoms with Crippen molar-refractivity contribution in [1.29, 1.82) is 0 Å². The van der Waals surface area contributed by atoms with Crippen molar-refractivity contribution in [3.63, 3.8) is 0 Å². The number of rotatable bonds is 7. The van der Waals surface area contributed by atoms with Crippen LogP contribution < -0.4 is 0 Å². The van der Waals surface area contributed by atoms with Crippen LogP contribution in [0.2, 0.25) is 0 Å². The molecule has 0 aromatic rings. The van der Waals surface area contributed by atoms with E-state index in [0.29, 0.717) is 5.75 Å². The van der Waals surface area contributed by atoms with Gasteiger partial charge in [-0.05, 0) is 0 Å². The van der Waals surface area contributed by atoms with Gasteiger partial charge in [-0.2, -0.15) is 12.6 Å². The highest BCUT2D eigenvalue weighted by atomic mass is 32.1. The first-order valence-corrected chi connectivity index (χ1v) is 5.73. The molecule has 1 atom stereocenters. The molecule has 0 radical (unpaired) electrons. The molecule has 0 saturated heterocycles. The number of carbonyl (C=O) groups is 3. The summed E-state index contributed by atoms with van der Waals surface area (Å²) in [6, 6.07) is 0. The molecule has 6 nitrogen and oxygen atoms in total. The third-order valence-corrected chi connectivity index (χ3v) is 2.69. The molecule has 0 fully saturated rings. The van der Waals surface area contributed by atoms with E-state index in [1.807, 2.05) is 0 Å². The van der Waals surface area contributed by atoms with Crippen molar-refractivity contribution in [3.05, 3.63) is 0 Å². The number of methoxy groups -OCH3 is 1. The number of thiol groups is 1. The quantitative estimate of drug-likeness (QED) is 0.500. The van der Waals surface area contributed by atoms with Gasteiger partial charge in [-0.25, -0.2) is 0 Å². The highest BCUT2D eigenvalue weighted by Crippen LogP contribution is 2.05. The lowest BCUT2D eigenvalue weighted by Crippen LogP contribution is -2.40. The third kappa shape index (κ3) is 6.15. The molecule has 1 amide bonds. The highest BCUT2D eigenvalue weighted by Gasteiger charge is 2.22. The predicted molar refractivity (Wildman–Crippen MR) is 63.9 cm³/mol. The molecule has 0 heterocycles. The van der Waals surface area contributed by atoms with Gasteiger partial charge in [0.05, 0.1) is 13.5 Å². The van der Waals surface area contributed by atoms with Crippen molar-refractivity contribution >= 4 is 30.5 Å². The number of hydrogen-bond donors (Lipinski definition) is 2. The zero-order chi connectivity index (χ0) is 13.4. The molecule has 0 rings (SSSR count). The number of carboxylic acids is 1. The average molecular weight is 263 g/mol. The summed E-state index contributed by atoms with van der Waals surface area (Å²) in [6.45, 7) is 1.27. The maximum atomic E-state index is 11.8. The van der Waals surface area contributed by atoms with E-state index in [1.165, 1.54) is 7.11 Å². The maximum absolute atomic E-state index is 11.8. The summed E-state index contributed by atoms with van der Waals surface area (Å²) >= 11 is 3.98. The van der Waals surface area contributed by atoms with Crippen LogP contribution in [0.25, 0.3) is 0 Å². The van der Waals surface area contributed by atoms with Crippen LogP contribution in [0, 0.1) is 5.92 Å². The van der Waals surface area contributed by atoms with Crippen LogP contribution >= 0.6 is 12.6 Å². The lowest BCUT2D eigenvalue weighted by Gasteiger charge is -2.23. The first-order chi connectivity index (χ1) is 7.92. The molecule has 0 aromatic carbocycles. The molecule has 1 unspecified atom stereocenters. The van der Waals surface area contributed by atoms with Gasteiger partial charge in [-0.3, -0.25) is 14.4 Å². The van der Waals surface area contributed by atoms with Gasteiger partial charge < -0.3 is 14.7 Å². The van der Waals surface area contributed by atoms with Gasteiger partial charge in [-0.1, -0.05) is 6.92 Å². The van der Waals surface area contributed by atoms with E-state index in [2.05, 4.69) is 17.4 Å². The molecule has 7 heteroatoms. The molecule has 1 N–H and O–H groups in total. The fourth-order valence-corrected chi connectivity index (χ4v) is 1.30.